The molecular formula is C25H35KO5S. The Morgan fingerprint density at radius 1 is 0.812 bits per heavy atom. The zero-order chi connectivity index (χ0) is 22.5. The van der Waals surface area contributed by atoms with E-state index in [0.29, 0.717) is 18.6 Å². The first-order chi connectivity index (χ1) is 14.9. The third-order valence-electron chi connectivity index (χ3n) is 5.43. The average molecular weight is 487 g/mol. The van der Waals surface area contributed by atoms with Crippen molar-refractivity contribution in [1.82, 2.24) is 0 Å². The second kappa shape index (κ2) is 16.3. The van der Waals surface area contributed by atoms with Gasteiger partial charge in [0.05, 0.1) is 0 Å². The van der Waals surface area contributed by atoms with Crippen molar-refractivity contribution in [3.63, 3.8) is 0 Å². The Labute approximate surface area is 236 Å². The third-order valence-corrected chi connectivity index (χ3v) is 6.35. The molecule has 5 nitrogen and oxygen atoms in total. The van der Waals surface area contributed by atoms with Crippen LogP contribution >= 0.6 is 0 Å². The van der Waals surface area contributed by atoms with Crippen LogP contribution in [-0.2, 0) is 16.5 Å². The van der Waals surface area contributed by atoms with Crippen molar-refractivity contribution in [3.8, 4) is 17.2 Å². The van der Waals surface area contributed by atoms with Crippen LogP contribution in [0.2, 0.25) is 0 Å². The monoisotopic (exact) mass is 486 g/mol. The van der Waals surface area contributed by atoms with Crippen LogP contribution in [0.1, 0.15) is 83.1 Å². The van der Waals surface area contributed by atoms with Gasteiger partial charge in [0.15, 0.2) is 0 Å². The van der Waals surface area contributed by atoms with Gasteiger partial charge in [-0.25, -0.2) is 0 Å². The van der Waals surface area contributed by atoms with Gasteiger partial charge in [0.25, 0.3) is 10.1 Å². The molecule has 0 aliphatic rings. The second-order valence-electron chi connectivity index (χ2n) is 8.07. The van der Waals surface area contributed by atoms with Crippen molar-refractivity contribution in [2.75, 3.05) is 0 Å². The minimum Gasteiger partial charge on any atom is -0.872 e. The zero-order valence-corrected chi connectivity index (χ0v) is 23.5. The molecule has 2 aromatic rings. The molecule has 0 aliphatic carbocycles. The van der Waals surface area contributed by atoms with E-state index >= 15 is 0 Å². The second-order valence-corrected chi connectivity index (χ2v) is 9.46. The molecule has 0 saturated heterocycles. The van der Waals surface area contributed by atoms with Crippen molar-refractivity contribution >= 4 is 10.1 Å². The fourth-order valence-electron chi connectivity index (χ4n) is 3.72. The van der Waals surface area contributed by atoms with E-state index in [2.05, 4.69) is 6.92 Å². The summed E-state index contributed by atoms with van der Waals surface area (Å²) in [5, 5.41) is 12.6. The maximum atomic E-state index is 12.6. The molecule has 1 N–H and O–H groups in total. The first kappa shape index (κ1) is 29.6. The summed E-state index contributed by atoms with van der Waals surface area (Å²) in [6, 6.07) is 11.3. The summed E-state index contributed by atoms with van der Waals surface area (Å²) < 4.78 is 39.0. The first-order valence-electron chi connectivity index (χ1n) is 11.5. The maximum absolute atomic E-state index is 12.6. The Morgan fingerprint density at radius 3 is 1.88 bits per heavy atom. The van der Waals surface area contributed by atoms with E-state index in [4.69, 9.17) is 4.74 Å². The summed E-state index contributed by atoms with van der Waals surface area (Å²) in [7, 11) is -4.52. The van der Waals surface area contributed by atoms with E-state index in [1.807, 2.05) is 6.07 Å². The number of ether oxygens (including phenoxy) is 1. The summed E-state index contributed by atoms with van der Waals surface area (Å²) >= 11 is 0. The Hall–Kier alpha value is -0.414. The van der Waals surface area contributed by atoms with Crippen LogP contribution in [-0.4, -0.2) is 13.0 Å². The molecule has 0 amide bonds. The average Bonchev–Trinajstić information content (AvgIpc) is 2.73. The molecule has 7 heteroatoms. The molecule has 0 fully saturated rings. The predicted molar refractivity (Wildman–Crippen MR) is 122 cm³/mol. The zero-order valence-electron chi connectivity index (χ0n) is 19.5. The van der Waals surface area contributed by atoms with Crippen LogP contribution in [0, 0.1) is 0 Å². The van der Waals surface area contributed by atoms with E-state index in [0.717, 1.165) is 19.3 Å². The van der Waals surface area contributed by atoms with Gasteiger partial charge in [0, 0.05) is 6.07 Å². The summed E-state index contributed by atoms with van der Waals surface area (Å²) in [5.74, 6) is 0.168. The summed E-state index contributed by atoms with van der Waals surface area (Å²) in [6.07, 6.45) is 13.2. The minimum absolute atomic E-state index is 0. The van der Waals surface area contributed by atoms with Crippen LogP contribution in [0.4, 0.5) is 0 Å². The van der Waals surface area contributed by atoms with Gasteiger partial charge < -0.3 is 9.84 Å². The Morgan fingerprint density at radius 2 is 1.34 bits per heavy atom. The molecular weight excluding hydrogens is 451 g/mol. The van der Waals surface area contributed by atoms with Gasteiger partial charge in [-0.15, -0.1) is 5.75 Å². The summed E-state index contributed by atoms with van der Waals surface area (Å²) in [6.45, 7) is 2.22. The summed E-state index contributed by atoms with van der Waals surface area (Å²) in [4.78, 5) is -0.349. The van der Waals surface area contributed by atoms with E-state index in [-0.39, 0.29) is 67.6 Å². The van der Waals surface area contributed by atoms with Crippen LogP contribution < -0.4 is 61.2 Å². The molecule has 2 aromatic carbocycles. The predicted octanol–water partition coefficient (Wildman–Crippen LogP) is 3.66. The third kappa shape index (κ3) is 11.1. The van der Waals surface area contributed by atoms with Gasteiger partial charge in [0.2, 0.25) is 0 Å². The molecule has 32 heavy (non-hydrogen) atoms. The van der Waals surface area contributed by atoms with Crippen LogP contribution in [0.25, 0.3) is 0 Å². The van der Waals surface area contributed by atoms with Crippen LogP contribution in [0.5, 0.6) is 17.2 Å². The van der Waals surface area contributed by atoms with Gasteiger partial charge in [-0.3, -0.25) is 4.55 Å². The van der Waals surface area contributed by atoms with Gasteiger partial charge >= 0.3 is 51.4 Å². The Balaban J connectivity index is 0.00000512. The van der Waals surface area contributed by atoms with Crippen molar-refractivity contribution < 1.29 is 74.2 Å². The van der Waals surface area contributed by atoms with Crippen molar-refractivity contribution in [3.05, 3.63) is 48.0 Å². The molecule has 0 heterocycles. The quantitative estimate of drug-likeness (QED) is 0.236. The van der Waals surface area contributed by atoms with Crippen LogP contribution in [0.3, 0.4) is 0 Å². The molecule has 0 aromatic heterocycles. The fourth-order valence-corrected chi connectivity index (χ4v) is 4.50. The number of benzene rings is 2. The smallest absolute Gasteiger partial charge is 0.872 e. The molecule has 0 saturated carbocycles. The summed E-state index contributed by atoms with van der Waals surface area (Å²) in [5.41, 5.74) is 0.138. The van der Waals surface area contributed by atoms with Crippen molar-refractivity contribution in [2.24, 2.45) is 0 Å². The first-order valence-corrected chi connectivity index (χ1v) is 12.9. The van der Waals surface area contributed by atoms with Gasteiger partial charge in [-0.2, -0.15) is 8.42 Å². The van der Waals surface area contributed by atoms with E-state index in [9.17, 15) is 18.1 Å². The molecule has 0 aliphatic heterocycles. The van der Waals surface area contributed by atoms with E-state index in [1.54, 1.807) is 24.3 Å². The number of unbranched alkanes of at least 4 members (excludes halogenated alkanes) is 10. The number of para-hydroxylation sites is 1. The van der Waals surface area contributed by atoms with Crippen molar-refractivity contribution in [2.45, 2.75) is 88.9 Å². The molecule has 172 valence electrons. The molecule has 0 bridgehead atoms. The minimum atomic E-state index is -4.52. The van der Waals surface area contributed by atoms with Crippen molar-refractivity contribution in [1.29, 1.82) is 0 Å². The fraction of sp³-hybridized carbons (Fsp3) is 0.520. The number of rotatable bonds is 15. The number of hydrogen-bond donors (Lipinski definition) is 1. The standard InChI is InChI=1S/C25H36O5S.K/c1-2-3-4-5-6-7-8-9-10-11-15-18-23-24(26)19-22(20-25(23)31(27,28)29)30-21-16-13-12-14-17-21;/h12-14,16-17,19-20,26H,2-11,15,18H2,1H3,(H,27,28,29);/q;+1/p-1. The van der Waals surface area contributed by atoms with Gasteiger partial charge in [0.1, 0.15) is 16.4 Å². The molecule has 0 unspecified atom stereocenters. The normalized spacial score (nSPS) is 11.2. The van der Waals surface area contributed by atoms with Gasteiger partial charge in [-0.1, -0.05) is 89.3 Å². The number of hydrogen-bond acceptors (Lipinski definition) is 4. The largest absolute Gasteiger partial charge is 1.00 e. The molecule has 0 atom stereocenters. The topological polar surface area (TPSA) is 86.7 Å². The molecule has 0 radical (unpaired) electrons. The molecule has 0 spiro atoms. The Bertz CT molecular complexity index is 885. The van der Waals surface area contributed by atoms with E-state index < -0.39 is 15.9 Å². The maximum Gasteiger partial charge on any atom is 1.00 e. The SMILES string of the molecule is CCCCCCCCCCCCCc1c([O-])cc(Oc2ccccc2)cc1S(=O)(=O)O.[K+]. The molecule has 2 rings (SSSR count). The van der Waals surface area contributed by atoms with Crippen LogP contribution in [0.15, 0.2) is 47.4 Å². The van der Waals surface area contributed by atoms with E-state index in [1.165, 1.54) is 57.1 Å². The van der Waals surface area contributed by atoms with Gasteiger partial charge in [-0.05, 0) is 36.6 Å². The Kier molecular flexibility index (Phi) is 15.0.